The maximum atomic E-state index is 5.16. The Labute approximate surface area is 121 Å². The van der Waals surface area contributed by atoms with Gasteiger partial charge in [0.2, 0.25) is 0 Å². The van der Waals surface area contributed by atoms with Crippen LogP contribution < -0.4 is 10.1 Å². The lowest BCUT2D eigenvalue weighted by molar-refractivity contribution is 0.770. The fourth-order valence-electron chi connectivity index (χ4n) is 1.57. The van der Waals surface area contributed by atoms with Crippen molar-refractivity contribution >= 4 is 28.7 Å². The average Bonchev–Trinajstić information content (AvgIpc) is 2.85. The molecule has 3 nitrogen and oxygen atoms in total. The molecule has 0 saturated carbocycles. The average molecular weight is 289 g/mol. The van der Waals surface area contributed by atoms with E-state index in [0.29, 0.717) is 11.7 Å². The molecule has 0 amide bonds. The molecule has 2 rings (SSSR count). The second kappa shape index (κ2) is 7.01. The number of nitrogens with zero attached hydrogens (tertiary/aromatic N) is 2. The molecule has 1 heterocycles. The first-order valence-electron chi connectivity index (χ1n) is 5.91. The number of nitrogens with one attached hydrogen (secondary N) is 1. The molecule has 1 aromatic carbocycles. The van der Waals surface area contributed by atoms with Gasteiger partial charge >= 0.3 is 0 Å². The van der Waals surface area contributed by atoms with Crippen LogP contribution in [-0.4, -0.2) is 16.2 Å². The second-order valence-corrected chi connectivity index (χ2v) is 5.15. The first-order valence-corrected chi connectivity index (χ1v) is 7.19. The lowest BCUT2D eigenvalue weighted by Crippen LogP contribution is -2.24. The molecule has 1 aromatic heterocycles. The van der Waals surface area contributed by atoms with Crippen LogP contribution >= 0.6 is 23.6 Å². The smallest absolute Gasteiger partial charge is 0.195 e. The maximum absolute atomic E-state index is 5.16. The number of thiazole rings is 1. The van der Waals surface area contributed by atoms with Crippen LogP contribution in [0.1, 0.15) is 5.56 Å². The van der Waals surface area contributed by atoms with Gasteiger partial charge in [-0.1, -0.05) is 36.4 Å². The van der Waals surface area contributed by atoms with E-state index in [1.807, 2.05) is 29.8 Å². The normalized spacial score (nSPS) is 11.3. The summed E-state index contributed by atoms with van der Waals surface area (Å²) in [7, 11) is 0. The zero-order chi connectivity index (χ0) is 13.5. The van der Waals surface area contributed by atoms with Gasteiger partial charge in [-0.2, -0.15) is 4.99 Å². The van der Waals surface area contributed by atoms with Crippen molar-refractivity contribution in [2.45, 2.75) is 6.54 Å². The van der Waals surface area contributed by atoms with Crippen molar-refractivity contribution in [2.75, 3.05) is 6.54 Å². The van der Waals surface area contributed by atoms with Gasteiger partial charge in [0.05, 0.1) is 0 Å². The molecule has 0 spiro atoms. The van der Waals surface area contributed by atoms with Crippen molar-refractivity contribution in [2.24, 2.45) is 4.99 Å². The van der Waals surface area contributed by atoms with Gasteiger partial charge in [-0.05, 0) is 17.8 Å². The topological polar surface area (TPSA) is 29.3 Å². The minimum Gasteiger partial charge on any atom is -0.357 e. The fraction of sp³-hybridized carbons (Fsp3) is 0.143. The van der Waals surface area contributed by atoms with E-state index in [1.165, 1.54) is 5.56 Å². The summed E-state index contributed by atoms with van der Waals surface area (Å²) in [5.74, 6) is 0. The van der Waals surface area contributed by atoms with Crippen LogP contribution in [0, 0.1) is 0 Å². The third-order valence-corrected chi connectivity index (χ3v) is 3.48. The predicted molar refractivity (Wildman–Crippen MR) is 84.2 cm³/mol. The Bertz CT molecular complexity index is 611. The van der Waals surface area contributed by atoms with Crippen LogP contribution in [0.15, 0.2) is 59.6 Å². The molecule has 0 radical (unpaired) electrons. The molecular weight excluding hydrogens is 274 g/mol. The summed E-state index contributed by atoms with van der Waals surface area (Å²) in [4.78, 5) is 5.30. The number of benzene rings is 1. The highest BCUT2D eigenvalue weighted by atomic mass is 32.1. The van der Waals surface area contributed by atoms with Crippen molar-refractivity contribution in [1.82, 2.24) is 9.88 Å². The standard InChI is InChI=1S/C14H15N3S2/c1-2-8-15-13(18)16-14-17(9-10-19-14)11-12-6-4-3-5-7-12/h2-7,9-10H,1,8,11H2,(H,15,18)/b16-14-. The van der Waals surface area contributed by atoms with Gasteiger partial charge in [-0.15, -0.1) is 17.9 Å². The molecule has 0 aliphatic carbocycles. The Balaban J connectivity index is 2.16. The second-order valence-electron chi connectivity index (χ2n) is 3.89. The first kappa shape index (κ1) is 13.7. The highest BCUT2D eigenvalue weighted by Gasteiger charge is 1.98. The SMILES string of the molecule is C=CCNC(=S)/N=c1\sccn1Cc1ccccc1. The monoisotopic (exact) mass is 289 g/mol. The summed E-state index contributed by atoms with van der Waals surface area (Å²) in [5.41, 5.74) is 1.24. The van der Waals surface area contributed by atoms with Crippen molar-refractivity contribution in [1.29, 1.82) is 0 Å². The Morgan fingerprint density at radius 2 is 2.21 bits per heavy atom. The third kappa shape index (κ3) is 4.15. The van der Waals surface area contributed by atoms with E-state index in [0.717, 1.165) is 11.3 Å². The van der Waals surface area contributed by atoms with Crippen LogP contribution in [0.2, 0.25) is 0 Å². The van der Waals surface area contributed by atoms with Crippen molar-refractivity contribution in [3.05, 3.63) is 64.9 Å². The number of hydrogen-bond donors (Lipinski definition) is 1. The van der Waals surface area contributed by atoms with Crippen molar-refractivity contribution in [3.63, 3.8) is 0 Å². The van der Waals surface area contributed by atoms with Crippen LogP contribution in [0.3, 0.4) is 0 Å². The van der Waals surface area contributed by atoms with Gasteiger partial charge in [0.1, 0.15) is 0 Å². The van der Waals surface area contributed by atoms with E-state index < -0.39 is 0 Å². The number of thiocarbonyl (C=S) groups is 1. The van der Waals surface area contributed by atoms with Gasteiger partial charge in [0, 0.05) is 24.7 Å². The molecular formula is C14H15N3S2. The van der Waals surface area contributed by atoms with Gasteiger partial charge in [-0.3, -0.25) is 0 Å². The van der Waals surface area contributed by atoms with E-state index in [2.05, 4.69) is 33.6 Å². The summed E-state index contributed by atoms with van der Waals surface area (Å²) in [6, 6.07) is 10.3. The van der Waals surface area contributed by atoms with Gasteiger partial charge < -0.3 is 9.88 Å². The van der Waals surface area contributed by atoms with E-state index in [-0.39, 0.29) is 0 Å². The largest absolute Gasteiger partial charge is 0.357 e. The molecule has 1 N–H and O–H groups in total. The molecule has 0 atom stereocenters. The van der Waals surface area contributed by atoms with Crippen molar-refractivity contribution in [3.8, 4) is 0 Å². The Morgan fingerprint density at radius 3 is 2.95 bits per heavy atom. The zero-order valence-electron chi connectivity index (χ0n) is 10.5. The summed E-state index contributed by atoms with van der Waals surface area (Å²) >= 11 is 6.73. The molecule has 98 valence electrons. The van der Waals surface area contributed by atoms with Crippen LogP contribution in [0.4, 0.5) is 0 Å². The molecule has 0 saturated heterocycles. The predicted octanol–water partition coefficient (Wildman–Crippen LogP) is 2.56. The quantitative estimate of drug-likeness (QED) is 0.692. The molecule has 0 bridgehead atoms. The number of rotatable bonds is 4. The maximum Gasteiger partial charge on any atom is 0.195 e. The molecule has 2 aromatic rings. The Morgan fingerprint density at radius 1 is 1.42 bits per heavy atom. The summed E-state index contributed by atoms with van der Waals surface area (Å²) in [6.07, 6.45) is 3.78. The lowest BCUT2D eigenvalue weighted by atomic mass is 10.2. The van der Waals surface area contributed by atoms with Crippen molar-refractivity contribution < 1.29 is 0 Å². The number of hydrogen-bond acceptors (Lipinski definition) is 2. The minimum absolute atomic E-state index is 0.490. The zero-order valence-corrected chi connectivity index (χ0v) is 12.1. The van der Waals surface area contributed by atoms with Gasteiger partial charge in [0.25, 0.3) is 0 Å². The van der Waals surface area contributed by atoms with Crippen LogP contribution in [0.25, 0.3) is 0 Å². The van der Waals surface area contributed by atoms with E-state index in [1.54, 1.807) is 17.4 Å². The van der Waals surface area contributed by atoms with Gasteiger partial charge in [-0.25, -0.2) is 0 Å². The first-order chi connectivity index (χ1) is 9.29. The molecule has 0 aliphatic rings. The van der Waals surface area contributed by atoms with Gasteiger partial charge in [0.15, 0.2) is 9.91 Å². The summed E-state index contributed by atoms with van der Waals surface area (Å²) in [5, 5.41) is 5.50. The van der Waals surface area contributed by atoms with E-state index in [9.17, 15) is 0 Å². The van der Waals surface area contributed by atoms with Crippen LogP contribution in [0.5, 0.6) is 0 Å². The van der Waals surface area contributed by atoms with Crippen LogP contribution in [-0.2, 0) is 6.54 Å². The highest BCUT2D eigenvalue weighted by molar-refractivity contribution is 7.80. The highest BCUT2D eigenvalue weighted by Crippen LogP contribution is 2.01. The molecule has 5 heteroatoms. The Hall–Kier alpha value is -1.72. The molecule has 19 heavy (non-hydrogen) atoms. The molecule has 0 aliphatic heterocycles. The molecule has 0 fully saturated rings. The number of aromatic nitrogens is 1. The fourth-order valence-corrected chi connectivity index (χ4v) is 2.53. The third-order valence-electron chi connectivity index (χ3n) is 2.45. The summed E-state index contributed by atoms with van der Waals surface area (Å²) in [6.45, 7) is 5.07. The summed E-state index contributed by atoms with van der Waals surface area (Å²) < 4.78 is 2.09. The Kier molecular flexibility index (Phi) is 5.06. The minimum atomic E-state index is 0.490. The van der Waals surface area contributed by atoms with E-state index >= 15 is 0 Å². The molecule has 0 unspecified atom stereocenters. The lowest BCUT2D eigenvalue weighted by Gasteiger charge is -2.03. The van der Waals surface area contributed by atoms with E-state index in [4.69, 9.17) is 12.2 Å².